The van der Waals surface area contributed by atoms with Gasteiger partial charge in [0.15, 0.2) is 5.16 Å². The number of nitrogens with zero attached hydrogens (tertiary/aromatic N) is 4. The zero-order chi connectivity index (χ0) is 19.1. The van der Waals surface area contributed by atoms with Crippen LogP contribution in [0.4, 0.5) is 0 Å². The lowest BCUT2D eigenvalue weighted by Crippen LogP contribution is -2.33. The molecule has 3 rings (SSSR count). The molecule has 0 saturated carbocycles. The second-order valence-corrected chi connectivity index (χ2v) is 7.40. The fourth-order valence-corrected chi connectivity index (χ4v) is 3.99. The maximum Gasteiger partial charge on any atom is 0.237 e. The summed E-state index contributed by atoms with van der Waals surface area (Å²) >= 11 is 1.42. The minimum absolute atomic E-state index is 0.134. The summed E-state index contributed by atoms with van der Waals surface area (Å²) in [4.78, 5) is 14.8. The number of carbonyl (C=O) groups excluding carboxylic acids is 1. The number of methoxy groups -OCH3 is 1. The topological polar surface area (TPSA) is 60.2 Å². The summed E-state index contributed by atoms with van der Waals surface area (Å²) in [6.07, 6.45) is 9.28. The highest BCUT2D eigenvalue weighted by Crippen LogP contribution is 2.25. The van der Waals surface area contributed by atoms with Gasteiger partial charge >= 0.3 is 0 Å². The summed E-state index contributed by atoms with van der Waals surface area (Å²) in [6, 6.07) is 7.70. The maximum absolute atomic E-state index is 12.9. The van der Waals surface area contributed by atoms with Crippen LogP contribution in [0.2, 0.25) is 0 Å². The van der Waals surface area contributed by atoms with E-state index in [0.29, 0.717) is 10.9 Å². The molecule has 2 aromatic rings. The highest BCUT2D eigenvalue weighted by atomic mass is 32.2. The Hall–Kier alpha value is -2.28. The van der Waals surface area contributed by atoms with Gasteiger partial charge in [0.25, 0.3) is 0 Å². The number of hydrogen-bond acceptors (Lipinski definition) is 5. The average Bonchev–Trinajstić information content (AvgIpc) is 3.19. The predicted molar refractivity (Wildman–Crippen MR) is 107 cm³/mol. The molecule has 27 heavy (non-hydrogen) atoms. The van der Waals surface area contributed by atoms with Crippen molar-refractivity contribution in [3.63, 3.8) is 0 Å². The largest absolute Gasteiger partial charge is 0.497 e. The SMILES string of the molecule is CCCN(C(=O)CSc1nncn1-c1cccc(OC)c1)C1=CCCCC1. The van der Waals surface area contributed by atoms with E-state index in [1.807, 2.05) is 33.7 Å². The molecule has 0 saturated heterocycles. The minimum Gasteiger partial charge on any atom is -0.497 e. The minimum atomic E-state index is 0.134. The molecule has 0 atom stereocenters. The number of hydrogen-bond donors (Lipinski definition) is 0. The second kappa shape index (κ2) is 9.60. The third-order valence-corrected chi connectivity index (χ3v) is 5.46. The Kier molecular flexibility index (Phi) is 6.92. The van der Waals surface area contributed by atoms with Crippen molar-refractivity contribution in [2.24, 2.45) is 0 Å². The lowest BCUT2D eigenvalue weighted by atomic mass is 10.0. The molecule has 1 aliphatic carbocycles. The van der Waals surface area contributed by atoms with Gasteiger partial charge in [-0.1, -0.05) is 30.8 Å². The number of amides is 1. The smallest absolute Gasteiger partial charge is 0.237 e. The van der Waals surface area contributed by atoms with Gasteiger partial charge in [0.1, 0.15) is 12.1 Å². The van der Waals surface area contributed by atoms with Crippen molar-refractivity contribution in [3.8, 4) is 11.4 Å². The molecule has 0 bridgehead atoms. The third kappa shape index (κ3) is 4.91. The molecule has 0 N–H and O–H groups in total. The van der Waals surface area contributed by atoms with E-state index in [9.17, 15) is 4.79 Å². The van der Waals surface area contributed by atoms with Crippen LogP contribution in [0.15, 0.2) is 47.5 Å². The summed E-state index contributed by atoms with van der Waals surface area (Å²) in [6.45, 7) is 2.88. The van der Waals surface area contributed by atoms with Crippen LogP contribution in [0.5, 0.6) is 5.75 Å². The normalized spacial score (nSPS) is 13.9. The fraction of sp³-hybridized carbons (Fsp3) is 0.450. The van der Waals surface area contributed by atoms with Crippen LogP contribution in [-0.2, 0) is 4.79 Å². The standard InChI is InChI=1S/C20H26N4O2S/c1-3-12-23(16-8-5-4-6-9-16)19(25)14-27-20-22-21-15-24(20)17-10-7-11-18(13-17)26-2/h7-8,10-11,13,15H,3-6,9,12,14H2,1-2H3. The van der Waals surface area contributed by atoms with E-state index in [0.717, 1.165) is 43.7 Å². The van der Waals surface area contributed by atoms with E-state index in [1.165, 1.54) is 23.9 Å². The third-order valence-electron chi connectivity index (χ3n) is 4.53. The summed E-state index contributed by atoms with van der Waals surface area (Å²) in [5.74, 6) is 1.25. The van der Waals surface area contributed by atoms with E-state index >= 15 is 0 Å². The molecule has 7 heteroatoms. The van der Waals surface area contributed by atoms with Crippen LogP contribution < -0.4 is 4.74 Å². The molecule has 1 heterocycles. The zero-order valence-electron chi connectivity index (χ0n) is 15.9. The van der Waals surface area contributed by atoms with E-state index in [1.54, 1.807) is 13.4 Å². The van der Waals surface area contributed by atoms with Crippen molar-refractivity contribution in [1.82, 2.24) is 19.7 Å². The first-order valence-electron chi connectivity index (χ1n) is 9.39. The maximum atomic E-state index is 12.9. The molecule has 1 aromatic heterocycles. The van der Waals surface area contributed by atoms with Gasteiger partial charge in [0.05, 0.1) is 18.6 Å². The van der Waals surface area contributed by atoms with E-state index in [2.05, 4.69) is 23.2 Å². The Morgan fingerprint density at radius 2 is 2.26 bits per heavy atom. The lowest BCUT2D eigenvalue weighted by molar-refractivity contribution is -0.126. The molecule has 0 spiro atoms. The number of thioether (sulfide) groups is 1. The van der Waals surface area contributed by atoms with Gasteiger partial charge < -0.3 is 9.64 Å². The highest BCUT2D eigenvalue weighted by molar-refractivity contribution is 7.99. The van der Waals surface area contributed by atoms with Crippen molar-refractivity contribution in [1.29, 1.82) is 0 Å². The highest BCUT2D eigenvalue weighted by Gasteiger charge is 2.20. The first-order valence-corrected chi connectivity index (χ1v) is 10.4. The molecule has 144 valence electrons. The van der Waals surface area contributed by atoms with E-state index in [-0.39, 0.29) is 5.91 Å². The summed E-state index contributed by atoms with van der Waals surface area (Å²) < 4.78 is 7.17. The Labute approximate surface area is 164 Å². The van der Waals surface area contributed by atoms with Crippen molar-refractivity contribution in [3.05, 3.63) is 42.4 Å². The van der Waals surface area contributed by atoms with Crippen molar-refractivity contribution in [2.75, 3.05) is 19.4 Å². The van der Waals surface area contributed by atoms with E-state index < -0.39 is 0 Å². The average molecular weight is 387 g/mol. The molecule has 6 nitrogen and oxygen atoms in total. The zero-order valence-corrected chi connectivity index (χ0v) is 16.7. The number of allylic oxidation sites excluding steroid dienone is 2. The van der Waals surface area contributed by atoms with Crippen LogP contribution in [0.1, 0.15) is 39.0 Å². The number of ether oxygens (including phenoxy) is 1. The van der Waals surface area contributed by atoms with Gasteiger partial charge in [-0.2, -0.15) is 0 Å². The molecular weight excluding hydrogens is 360 g/mol. The number of rotatable bonds is 8. The van der Waals surface area contributed by atoms with Gasteiger partial charge in [0.2, 0.25) is 5.91 Å². The van der Waals surface area contributed by atoms with Gasteiger partial charge in [-0.15, -0.1) is 10.2 Å². The molecule has 1 aromatic carbocycles. The summed E-state index contributed by atoms with van der Waals surface area (Å²) in [5, 5.41) is 8.91. The van der Waals surface area contributed by atoms with Crippen molar-refractivity contribution < 1.29 is 9.53 Å². The van der Waals surface area contributed by atoms with Gasteiger partial charge in [-0.05, 0) is 44.2 Å². The predicted octanol–water partition coefficient (Wildman–Crippen LogP) is 4.06. The lowest BCUT2D eigenvalue weighted by Gasteiger charge is -2.27. The van der Waals surface area contributed by atoms with Gasteiger partial charge in [-0.3, -0.25) is 9.36 Å². The number of carbonyl (C=O) groups is 1. The number of benzene rings is 1. The monoisotopic (exact) mass is 386 g/mol. The molecule has 0 radical (unpaired) electrons. The van der Waals surface area contributed by atoms with Gasteiger partial charge in [0, 0.05) is 18.3 Å². The first-order chi connectivity index (χ1) is 13.2. The quantitative estimate of drug-likeness (QED) is 0.640. The molecule has 1 aliphatic rings. The fourth-order valence-electron chi connectivity index (χ4n) is 3.18. The molecule has 0 unspecified atom stereocenters. The molecule has 1 amide bonds. The van der Waals surface area contributed by atoms with Crippen LogP contribution in [0, 0.1) is 0 Å². The molecular formula is C20H26N4O2S. The Morgan fingerprint density at radius 3 is 3.00 bits per heavy atom. The van der Waals surface area contributed by atoms with Crippen LogP contribution in [-0.4, -0.2) is 45.0 Å². The van der Waals surface area contributed by atoms with Crippen LogP contribution >= 0.6 is 11.8 Å². The second-order valence-electron chi connectivity index (χ2n) is 6.46. The summed E-state index contributed by atoms with van der Waals surface area (Å²) in [7, 11) is 1.64. The first kappa shape index (κ1) is 19.5. The summed E-state index contributed by atoms with van der Waals surface area (Å²) in [5.41, 5.74) is 2.10. The van der Waals surface area contributed by atoms with E-state index in [4.69, 9.17) is 4.74 Å². The Bertz CT molecular complexity index is 803. The van der Waals surface area contributed by atoms with Crippen molar-refractivity contribution >= 4 is 17.7 Å². The van der Waals surface area contributed by atoms with Crippen LogP contribution in [0.25, 0.3) is 5.69 Å². The molecule has 0 aliphatic heterocycles. The molecule has 0 fully saturated rings. The Morgan fingerprint density at radius 1 is 1.37 bits per heavy atom. The van der Waals surface area contributed by atoms with Crippen molar-refractivity contribution in [2.45, 2.75) is 44.2 Å². The van der Waals surface area contributed by atoms with Gasteiger partial charge in [-0.25, -0.2) is 0 Å². The number of aromatic nitrogens is 3. The Balaban J connectivity index is 1.70. The van der Waals surface area contributed by atoms with Crippen LogP contribution in [0.3, 0.4) is 0 Å².